The summed E-state index contributed by atoms with van der Waals surface area (Å²) in [6.45, 7) is 8.02. The van der Waals surface area contributed by atoms with Crippen molar-refractivity contribution in [2.24, 2.45) is 0 Å². The van der Waals surface area contributed by atoms with E-state index in [0.29, 0.717) is 22.6 Å². The number of carbonyl (C=O) groups excluding carboxylic acids is 2. The highest BCUT2D eigenvalue weighted by Gasteiger charge is 2.22. The molecule has 2 aromatic heterocycles. The number of carbonyl (C=O) groups is 2. The number of fused-ring (bicyclic) bond motifs is 1. The van der Waals surface area contributed by atoms with Gasteiger partial charge in [-0.25, -0.2) is 9.50 Å². The predicted octanol–water partition coefficient (Wildman–Crippen LogP) is 3.76. The van der Waals surface area contributed by atoms with Crippen molar-refractivity contribution >= 4 is 18.2 Å². The molecular weight excluding hydrogens is 302 g/mol. The highest BCUT2D eigenvalue weighted by atomic mass is 16.1. The molecule has 0 aliphatic carbocycles. The molecule has 3 rings (SSSR count). The Balaban J connectivity index is 2.50. The molecule has 0 fully saturated rings. The molecule has 1 aromatic carbocycles. The molecule has 122 valence electrons. The van der Waals surface area contributed by atoms with E-state index in [1.807, 2.05) is 45.9 Å². The lowest BCUT2D eigenvalue weighted by Crippen LogP contribution is -2.05. The summed E-state index contributed by atoms with van der Waals surface area (Å²) in [4.78, 5) is 27.4. The van der Waals surface area contributed by atoms with Crippen molar-refractivity contribution in [3.05, 3.63) is 52.5 Å². The van der Waals surface area contributed by atoms with Crippen molar-refractivity contribution in [2.45, 2.75) is 33.6 Å². The van der Waals surface area contributed by atoms with Crippen LogP contribution in [0, 0.1) is 13.8 Å². The van der Waals surface area contributed by atoms with Gasteiger partial charge in [0.25, 0.3) is 0 Å². The Kier molecular flexibility index (Phi) is 4.01. The number of hydrogen-bond acceptors (Lipinski definition) is 4. The van der Waals surface area contributed by atoms with Gasteiger partial charge in [-0.15, -0.1) is 0 Å². The van der Waals surface area contributed by atoms with E-state index in [0.717, 1.165) is 35.0 Å². The van der Waals surface area contributed by atoms with Gasteiger partial charge < -0.3 is 0 Å². The first-order valence-electron chi connectivity index (χ1n) is 7.88. The number of aromatic nitrogens is 3. The molecule has 3 aromatic rings. The second-order valence-electron chi connectivity index (χ2n) is 6.26. The summed E-state index contributed by atoms with van der Waals surface area (Å²) in [7, 11) is 0. The summed E-state index contributed by atoms with van der Waals surface area (Å²) in [6, 6.07) is 7.69. The Labute approximate surface area is 140 Å². The van der Waals surface area contributed by atoms with Gasteiger partial charge in [0.1, 0.15) is 11.4 Å². The predicted molar refractivity (Wildman–Crippen MR) is 92.8 cm³/mol. The third-order valence-electron chi connectivity index (χ3n) is 4.22. The van der Waals surface area contributed by atoms with E-state index in [-0.39, 0.29) is 5.92 Å². The molecule has 0 unspecified atom stereocenters. The van der Waals surface area contributed by atoms with E-state index < -0.39 is 0 Å². The monoisotopic (exact) mass is 321 g/mol. The van der Waals surface area contributed by atoms with Crippen LogP contribution in [-0.4, -0.2) is 27.2 Å². The fourth-order valence-corrected chi connectivity index (χ4v) is 3.08. The maximum absolute atomic E-state index is 11.7. The standard InChI is InChI=1S/C19H19N3O2/c1-11(2)16-8-14(9-23)20-19-18(15(10-24)21-22(16)19)17-12(3)6-5-7-13(17)4/h5-11H,1-4H3. The van der Waals surface area contributed by atoms with E-state index >= 15 is 0 Å². The number of aldehydes is 2. The molecule has 0 aliphatic rings. The first kappa shape index (κ1) is 16.1. The van der Waals surface area contributed by atoms with Crippen molar-refractivity contribution in [3.63, 3.8) is 0 Å². The van der Waals surface area contributed by atoms with Gasteiger partial charge in [-0.2, -0.15) is 5.10 Å². The van der Waals surface area contributed by atoms with Crippen molar-refractivity contribution in [3.8, 4) is 11.1 Å². The topological polar surface area (TPSA) is 64.3 Å². The van der Waals surface area contributed by atoms with Crippen molar-refractivity contribution in [1.29, 1.82) is 0 Å². The molecule has 0 N–H and O–H groups in total. The van der Waals surface area contributed by atoms with Gasteiger partial charge in [0.2, 0.25) is 0 Å². The summed E-state index contributed by atoms with van der Waals surface area (Å²) in [5.74, 6) is 0.138. The molecule has 0 aliphatic heterocycles. The highest BCUT2D eigenvalue weighted by molar-refractivity contribution is 5.95. The molecule has 5 nitrogen and oxygen atoms in total. The summed E-state index contributed by atoms with van der Waals surface area (Å²) in [5.41, 5.74) is 5.78. The van der Waals surface area contributed by atoms with Crippen LogP contribution in [0.15, 0.2) is 24.3 Å². The van der Waals surface area contributed by atoms with Gasteiger partial charge in [-0.1, -0.05) is 32.0 Å². The lowest BCUT2D eigenvalue weighted by atomic mass is 9.96. The number of nitrogens with zero attached hydrogens (tertiary/aromatic N) is 3. The van der Waals surface area contributed by atoms with Crippen LogP contribution in [0.1, 0.15) is 57.6 Å². The number of benzene rings is 1. The molecule has 0 saturated heterocycles. The third-order valence-corrected chi connectivity index (χ3v) is 4.22. The first-order valence-corrected chi connectivity index (χ1v) is 7.88. The van der Waals surface area contributed by atoms with Crippen LogP contribution in [0.3, 0.4) is 0 Å². The number of hydrogen-bond donors (Lipinski definition) is 0. The normalized spacial score (nSPS) is 11.2. The minimum atomic E-state index is 0.138. The molecule has 24 heavy (non-hydrogen) atoms. The van der Waals surface area contributed by atoms with Crippen LogP contribution >= 0.6 is 0 Å². The van der Waals surface area contributed by atoms with Gasteiger partial charge in [0.05, 0.1) is 5.56 Å². The van der Waals surface area contributed by atoms with Gasteiger partial charge in [-0.05, 0) is 42.5 Å². The van der Waals surface area contributed by atoms with Crippen LogP contribution in [0.4, 0.5) is 0 Å². The van der Waals surface area contributed by atoms with E-state index in [9.17, 15) is 9.59 Å². The van der Waals surface area contributed by atoms with Crippen LogP contribution < -0.4 is 0 Å². The zero-order valence-electron chi connectivity index (χ0n) is 14.2. The molecule has 5 heteroatoms. The molecule has 0 spiro atoms. The Bertz CT molecular complexity index is 935. The van der Waals surface area contributed by atoms with Gasteiger partial charge >= 0.3 is 0 Å². The zero-order chi connectivity index (χ0) is 17.4. The quantitative estimate of drug-likeness (QED) is 0.686. The summed E-state index contributed by atoms with van der Waals surface area (Å²) < 4.78 is 1.68. The van der Waals surface area contributed by atoms with Crippen LogP contribution in [0.2, 0.25) is 0 Å². The second-order valence-corrected chi connectivity index (χ2v) is 6.26. The highest BCUT2D eigenvalue weighted by Crippen LogP contribution is 2.33. The van der Waals surface area contributed by atoms with Crippen molar-refractivity contribution < 1.29 is 9.59 Å². The largest absolute Gasteiger partial charge is 0.296 e. The smallest absolute Gasteiger partial charge is 0.171 e. The maximum Gasteiger partial charge on any atom is 0.171 e. The minimum absolute atomic E-state index is 0.138. The molecular formula is C19H19N3O2. The fourth-order valence-electron chi connectivity index (χ4n) is 3.08. The first-order chi connectivity index (χ1) is 11.5. The lowest BCUT2D eigenvalue weighted by molar-refractivity contribution is 0.111. The maximum atomic E-state index is 11.7. The van der Waals surface area contributed by atoms with Crippen LogP contribution in [0.5, 0.6) is 0 Å². The summed E-state index contributed by atoms with van der Waals surface area (Å²) in [5, 5.41) is 4.46. The van der Waals surface area contributed by atoms with Crippen LogP contribution in [0.25, 0.3) is 16.8 Å². The Morgan fingerprint density at radius 2 is 1.71 bits per heavy atom. The SMILES string of the molecule is Cc1cccc(C)c1-c1c(C=O)nn2c(C(C)C)cc(C=O)nc12. The average molecular weight is 321 g/mol. The zero-order valence-corrected chi connectivity index (χ0v) is 14.2. The molecule has 2 heterocycles. The fraction of sp³-hybridized carbons (Fsp3) is 0.263. The lowest BCUT2D eigenvalue weighted by Gasteiger charge is -2.11. The van der Waals surface area contributed by atoms with Crippen molar-refractivity contribution in [2.75, 3.05) is 0 Å². The molecule has 0 radical (unpaired) electrons. The van der Waals surface area contributed by atoms with E-state index in [4.69, 9.17) is 0 Å². The Morgan fingerprint density at radius 1 is 1.04 bits per heavy atom. The molecule has 0 atom stereocenters. The Hall–Kier alpha value is -2.82. The minimum Gasteiger partial charge on any atom is -0.296 e. The number of aryl methyl sites for hydroxylation is 2. The molecule has 0 bridgehead atoms. The van der Waals surface area contributed by atoms with Crippen molar-refractivity contribution in [1.82, 2.24) is 14.6 Å². The van der Waals surface area contributed by atoms with Crippen LogP contribution in [-0.2, 0) is 0 Å². The Morgan fingerprint density at radius 3 is 2.25 bits per heavy atom. The third kappa shape index (κ3) is 2.42. The van der Waals surface area contributed by atoms with Gasteiger partial charge in [0.15, 0.2) is 18.2 Å². The molecule has 0 amide bonds. The molecule has 0 saturated carbocycles. The average Bonchev–Trinajstić information content (AvgIpc) is 2.92. The van der Waals surface area contributed by atoms with E-state index in [2.05, 4.69) is 10.1 Å². The number of rotatable bonds is 4. The summed E-state index contributed by atoms with van der Waals surface area (Å²) in [6.07, 6.45) is 1.48. The van der Waals surface area contributed by atoms with E-state index in [1.165, 1.54) is 0 Å². The summed E-state index contributed by atoms with van der Waals surface area (Å²) >= 11 is 0. The van der Waals surface area contributed by atoms with Gasteiger partial charge in [0, 0.05) is 5.69 Å². The second kappa shape index (κ2) is 6.00. The van der Waals surface area contributed by atoms with E-state index in [1.54, 1.807) is 10.6 Å². The van der Waals surface area contributed by atoms with Gasteiger partial charge in [-0.3, -0.25) is 9.59 Å².